The third-order valence-electron chi connectivity index (χ3n) is 0.520. The van der Waals surface area contributed by atoms with Crippen molar-refractivity contribution in [1.82, 2.24) is 0 Å². The average Bonchev–Trinajstić information content (AvgIpc) is 1.85. The second-order valence-corrected chi connectivity index (χ2v) is 3.93. The van der Waals surface area contributed by atoms with Gasteiger partial charge in [0.05, 0.1) is 6.61 Å². The molecule has 0 bridgehead atoms. The van der Waals surface area contributed by atoms with Crippen molar-refractivity contribution in [1.29, 1.82) is 0 Å². The van der Waals surface area contributed by atoms with Crippen LogP contribution in [-0.4, -0.2) is 28.7 Å². The van der Waals surface area contributed by atoms with Gasteiger partial charge in [-0.25, -0.2) is 9.44 Å². The molecule has 0 aromatic rings. The summed E-state index contributed by atoms with van der Waals surface area (Å²) in [6.45, 7) is 0.997. The van der Waals surface area contributed by atoms with Crippen LogP contribution in [0.25, 0.3) is 0 Å². The van der Waals surface area contributed by atoms with Crippen molar-refractivity contribution >= 4 is 20.8 Å². The first kappa shape index (κ1) is 11.7. The topological polar surface area (TPSA) is 116 Å². The van der Waals surface area contributed by atoms with Crippen LogP contribution in [0.5, 0.6) is 0 Å². The molecule has 0 spiro atoms. The predicted molar refractivity (Wildman–Crippen MR) is 34.3 cm³/mol. The van der Waals surface area contributed by atoms with Gasteiger partial charge in [-0.2, -0.15) is 16.8 Å². The molecule has 0 aliphatic carbocycles. The molecule has 0 amide bonds. The van der Waals surface area contributed by atoms with E-state index in [1.165, 1.54) is 6.92 Å². The van der Waals surface area contributed by atoms with Gasteiger partial charge in [-0.1, -0.05) is 7.96 Å². The molecule has 0 aromatic heterocycles. The van der Waals surface area contributed by atoms with Gasteiger partial charge in [0.15, 0.2) is 0 Å². The molecule has 12 heavy (non-hydrogen) atoms. The van der Waals surface area contributed by atoms with Crippen molar-refractivity contribution in [2.45, 2.75) is 6.92 Å². The SMILES string of the molecule is CCOS(=O)(=O)OS(=O)(=O)OO. The van der Waals surface area contributed by atoms with E-state index in [1.54, 1.807) is 0 Å². The number of hydrogen-bond acceptors (Lipinski definition) is 8. The van der Waals surface area contributed by atoms with Crippen molar-refractivity contribution in [2.24, 2.45) is 0 Å². The molecule has 74 valence electrons. The Morgan fingerprint density at radius 1 is 1.17 bits per heavy atom. The second kappa shape index (κ2) is 4.11. The fraction of sp³-hybridized carbons (Fsp3) is 1.00. The Kier molecular flexibility index (Phi) is 4.02. The van der Waals surface area contributed by atoms with Gasteiger partial charge in [-0.15, -0.1) is 0 Å². The molecule has 0 aromatic carbocycles. The molecule has 0 aliphatic rings. The molecular formula is C2H6O8S2. The zero-order valence-electron chi connectivity index (χ0n) is 5.83. The maximum atomic E-state index is 10.4. The average molecular weight is 222 g/mol. The van der Waals surface area contributed by atoms with E-state index in [0.29, 0.717) is 0 Å². The lowest BCUT2D eigenvalue weighted by molar-refractivity contribution is -0.138. The number of hydrogen-bond donors (Lipinski definition) is 1. The molecule has 0 fully saturated rings. The molecule has 10 heteroatoms. The highest BCUT2D eigenvalue weighted by molar-refractivity contribution is 7.95. The predicted octanol–water partition coefficient (Wildman–Crippen LogP) is -0.981. The third kappa shape index (κ3) is 4.58. The first-order valence-corrected chi connectivity index (χ1v) is 5.18. The highest BCUT2D eigenvalue weighted by Gasteiger charge is 2.24. The summed E-state index contributed by atoms with van der Waals surface area (Å²) in [5, 5.41) is 7.59. The van der Waals surface area contributed by atoms with Gasteiger partial charge in [0.2, 0.25) is 0 Å². The van der Waals surface area contributed by atoms with Crippen molar-refractivity contribution in [3.8, 4) is 0 Å². The summed E-state index contributed by atoms with van der Waals surface area (Å²) < 4.78 is 50.9. The van der Waals surface area contributed by atoms with E-state index in [2.05, 4.69) is 12.1 Å². The van der Waals surface area contributed by atoms with Gasteiger partial charge < -0.3 is 0 Å². The molecule has 0 radical (unpaired) electrons. The lowest BCUT2D eigenvalue weighted by Gasteiger charge is -2.00. The summed E-state index contributed by atoms with van der Waals surface area (Å²) in [6, 6.07) is 0. The zero-order valence-corrected chi connectivity index (χ0v) is 7.46. The largest absolute Gasteiger partial charge is 0.442 e. The van der Waals surface area contributed by atoms with Crippen LogP contribution < -0.4 is 0 Å². The van der Waals surface area contributed by atoms with E-state index in [-0.39, 0.29) is 6.61 Å². The summed E-state index contributed by atoms with van der Waals surface area (Å²) >= 11 is 0. The fourth-order valence-corrected chi connectivity index (χ4v) is 1.64. The van der Waals surface area contributed by atoms with Crippen LogP contribution in [-0.2, 0) is 32.9 Å². The van der Waals surface area contributed by atoms with E-state index in [9.17, 15) is 16.8 Å². The van der Waals surface area contributed by atoms with Crippen molar-refractivity contribution in [3.63, 3.8) is 0 Å². The monoisotopic (exact) mass is 222 g/mol. The Hall–Kier alpha value is -0.260. The van der Waals surface area contributed by atoms with Crippen LogP contribution in [0.1, 0.15) is 6.92 Å². The Bertz CT molecular complexity index is 309. The zero-order chi connectivity index (χ0) is 9.83. The highest BCUT2D eigenvalue weighted by atomic mass is 32.3. The first-order chi connectivity index (χ1) is 5.33. The van der Waals surface area contributed by atoms with E-state index in [4.69, 9.17) is 5.26 Å². The molecule has 0 rings (SSSR count). The van der Waals surface area contributed by atoms with Crippen molar-refractivity contribution in [3.05, 3.63) is 0 Å². The van der Waals surface area contributed by atoms with Crippen LogP contribution in [0, 0.1) is 0 Å². The molecule has 1 N–H and O–H groups in total. The minimum atomic E-state index is -4.96. The summed E-state index contributed by atoms with van der Waals surface area (Å²) in [5.41, 5.74) is 0. The van der Waals surface area contributed by atoms with E-state index in [0.717, 1.165) is 0 Å². The fourth-order valence-electron chi connectivity index (χ4n) is 0.278. The summed E-state index contributed by atoms with van der Waals surface area (Å²) in [7, 11) is -9.63. The minimum Gasteiger partial charge on any atom is -0.248 e. The van der Waals surface area contributed by atoms with E-state index < -0.39 is 20.8 Å². The molecule has 8 nitrogen and oxygen atoms in total. The van der Waals surface area contributed by atoms with Crippen LogP contribution in [0.3, 0.4) is 0 Å². The molecule has 0 aliphatic heterocycles. The Morgan fingerprint density at radius 2 is 1.67 bits per heavy atom. The second-order valence-electron chi connectivity index (χ2n) is 1.37. The first-order valence-electron chi connectivity index (χ1n) is 2.51. The Balaban J connectivity index is 4.47. The lowest BCUT2D eigenvalue weighted by Crippen LogP contribution is -2.17. The van der Waals surface area contributed by atoms with Crippen molar-refractivity contribution < 1.29 is 34.2 Å². The summed E-state index contributed by atoms with van der Waals surface area (Å²) in [5.74, 6) is 0. The van der Waals surface area contributed by atoms with Gasteiger partial charge in [0.25, 0.3) is 0 Å². The van der Waals surface area contributed by atoms with Gasteiger partial charge in [0.1, 0.15) is 0 Å². The smallest absolute Gasteiger partial charge is 0.248 e. The van der Waals surface area contributed by atoms with E-state index in [1.807, 2.05) is 0 Å². The Morgan fingerprint density at radius 3 is 2.00 bits per heavy atom. The van der Waals surface area contributed by atoms with Crippen LogP contribution >= 0.6 is 0 Å². The lowest BCUT2D eigenvalue weighted by atomic mass is 10.9. The Labute approximate surface area is 69.3 Å². The molecule has 0 atom stereocenters. The molecule has 0 heterocycles. The summed E-state index contributed by atoms with van der Waals surface area (Å²) in [6.07, 6.45) is 0. The molecule has 0 saturated carbocycles. The number of rotatable bonds is 5. The normalized spacial score (nSPS) is 13.2. The quantitative estimate of drug-likeness (QED) is 0.466. The highest BCUT2D eigenvalue weighted by Crippen LogP contribution is 2.02. The summed E-state index contributed by atoms with van der Waals surface area (Å²) in [4.78, 5) is 0. The van der Waals surface area contributed by atoms with Gasteiger partial charge in [-0.3, -0.25) is 0 Å². The van der Waals surface area contributed by atoms with Gasteiger partial charge >= 0.3 is 20.8 Å². The van der Waals surface area contributed by atoms with Crippen LogP contribution in [0.2, 0.25) is 0 Å². The molecule has 0 saturated heterocycles. The van der Waals surface area contributed by atoms with Crippen LogP contribution in [0.4, 0.5) is 0 Å². The van der Waals surface area contributed by atoms with Crippen molar-refractivity contribution in [2.75, 3.05) is 6.61 Å². The van der Waals surface area contributed by atoms with Crippen LogP contribution in [0.15, 0.2) is 0 Å². The molecule has 0 unspecified atom stereocenters. The van der Waals surface area contributed by atoms with Gasteiger partial charge in [0, 0.05) is 0 Å². The maximum Gasteiger partial charge on any atom is 0.442 e. The molecular weight excluding hydrogens is 216 g/mol. The van der Waals surface area contributed by atoms with Gasteiger partial charge in [-0.05, 0) is 6.92 Å². The standard InChI is InChI=1S/C2H6O8S2/c1-2-8-11(4,5)10-12(6,7)9-3/h3H,2H2,1H3. The van der Waals surface area contributed by atoms with E-state index >= 15 is 0 Å². The minimum absolute atomic E-state index is 0.302. The maximum absolute atomic E-state index is 10.4. The third-order valence-corrected chi connectivity index (χ3v) is 2.56.